The van der Waals surface area contributed by atoms with E-state index < -0.39 is 6.10 Å². The molecule has 0 saturated heterocycles. The molecular weight excluding hydrogens is 248 g/mol. The van der Waals surface area contributed by atoms with E-state index >= 15 is 0 Å². The molecule has 2 nitrogen and oxygen atoms in total. The molecule has 1 N–H and O–H groups in total. The zero-order valence-corrected chi connectivity index (χ0v) is 10.9. The van der Waals surface area contributed by atoms with Crippen molar-refractivity contribution < 1.29 is 9.84 Å². The highest BCUT2D eigenvalue weighted by molar-refractivity contribution is 6.30. The summed E-state index contributed by atoms with van der Waals surface area (Å²) in [6.45, 7) is 2.17. The lowest BCUT2D eigenvalue weighted by atomic mass is 10.1. The van der Waals surface area contributed by atoms with E-state index in [-0.39, 0.29) is 0 Å². The largest absolute Gasteiger partial charge is 0.489 e. The van der Waals surface area contributed by atoms with Gasteiger partial charge in [-0.1, -0.05) is 41.9 Å². The first-order valence-corrected chi connectivity index (χ1v) is 6.19. The van der Waals surface area contributed by atoms with Crippen LogP contribution in [-0.2, 0) is 6.61 Å². The topological polar surface area (TPSA) is 29.5 Å². The second-order valence-corrected chi connectivity index (χ2v) is 4.57. The van der Waals surface area contributed by atoms with Crippen LogP contribution in [-0.4, -0.2) is 5.11 Å². The van der Waals surface area contributed by atoms with Gasteiger partial charge in [0.25, 0.3) is 0 Å². The molecular formula is C15H15ClO2. The van der Waals surface area contributed by atoms with E-state index in [0.29, 0.717) is 22.9 Å². The van der Waals surface area contributed by atoms with Crippen LogP contribution >= 0.6 is 11.6 Å². The van der Waals surface area contributed by atoms with Crippen molar-refractivity contribution in [2.75, 3.05) is 0 Å². The standard InChI is InChI=1S/C15H15ClO2/c1-11(17)14-9-13(16)7-8-15(14)18-10-12-5-3-2-4-6-12/h2-9,11,17H,10H2,1H3. The maximum Gasteiger partial charge on any atom is 0.125 e. The summed E-state index contributed by atoms with van der Waals surface area (Å²) in [6.07, 6.45) is -0.602. The van der Waals surface area contributed by atoms with Crippen LogP contribution in [0, 0.1) is 0 Å². The van der Waals surface area contributed by atoms with Crippen molar-refractivity contribution in [3.8, 4) is 5.75 Å². The predicted octanol–water partition coefficient (Wildman–Crippen LogP) is 3.97. The lowest BCUT2D eigenvalue weighted by molar-refractivity contribution is 0.190. The van der Waals surface area contributed by atoms with Gasteiger partial charge in [-0.05, 0) is 30.7 Å². The minimum absolute atomic E-state index is 0.474. The van der Waals surface area contributed by atoms with Crippen molar-refractivity contribution in [2.24, 2.45) is 0 Å². The molecule has 1 atom stereocenters. The summed E-state index contributed by atoms with van der Waals surface area (Å²) in [7, 11) is 0. The predicted molar refractivity (Wildman–Crippen MR) is 72.9 cm³/mol. The Balaban J connectivity index is 2.14. The fraction of sp³-hybridized carbons (Fsp3) is 0.200. The number of halogens is 1. The van der Waals surface area contributed by atoms with Gasteiger partial charge in [0.2, 0.25) is 0 Å². The van der Waals surface area contributed by atoms with Crippen molar-refractivity contribution in [2.45, 2.75) is 19.6 Å². The van der Waals surface area contributed by atoms with Crippen molar-refractivity contribution in [1.82, 2.24) is 0 Å². The summed E-state index contributed by atoms with van der Waals surface area (Å²) in [5, 5.41) is 10.3. The lowest BCUT2D eigenvalue weighted by Crippen LogP contribution is -2.00. The summed E-state index contributed by atoms with van der Waals surface area (Å²) in [4.78, 5) is 0. The maximum absolute atomic E-state index is 9.69. The van der Waals surface area contributed by atoms with Gasteiger partial charge in [0.05, 0.1) is 6.10 Å². The average Bonchev–Trinajstić information content (AvgIpc) is 2.38. The third-order valence-electron chi connectivity index (χ3n) is 2.66. The normalized spacial score (nSPS) is 12.2. The molecule has 2 aromatic carbocycles. The molecule has 94 valence electrons. The Hall–Kier alpha value is -1.51. The van der Waals surface area contributed by atoms with Gasteiger partial charge in [-0.3, -0.25) is 0 Å². The van der Waals surface area contributed by atoms with E-state index in [2.05, 4.69) is 0 Å². The molecule has 2 rings (SSSR count). The molecule has 2 aromatic rings. The molecule has 0 fully saturated rings. The van der Waals surface area contributed by atoms with Gasteiger partial charge in [0, 0.05) is 10.6 Å². The van der Waals surface area contributed by atoms with Crippen LogP contribution in [0.25, 0.3) is 0 Å². The number of rotatable bonds is 4. The molecule has 3 heteroatoms. The Kier molecular flexibility index (Phi) is 4.24. The zero-order valence-electron chi connectivity index (χ0n) is 10.1. The van der Waals surface area contributed by atoms with Crippen molar-refractivity contribution in [3.05, 3.63) is 64.7 Å². The SMILES string of the molecule is CC(O)c1cc(Cl)ccc1OCc1ccccc1. The molecule has 0 saturated carbocycles. The Morgan fingerprint density at radius 3 is 2.56 bits per heavy atom. The monoisotopic (exact) mass is 262 g/mol. The van der Waals surface area contributed by atoms with Gasteiger partial charge in [0.1, 0.15) is 12.4 Å². The smallest absolute Gasteiger partial charge is 0.125 e. The Morgan fingerprint density at radius 2 is 1.89 bits per heavy atom. The van der Waals surface area contributed by atoms with E-state index in [1.54, 1.807) is 25.1 Å². The van der Waals surface area contributed by atoms with E-state index in [4.69, 9.17) is 16.3 Å². The maximum atomic E-state index is 9.69. The van der Waals surface area contributed by atoms with Gasteiger partial charge < -0.3 is 9.84 Å². The van der Waals surface area contributed by atoms with E-state index in [0.717, 1.165) is 5.56 Å². The number of hydrogen-bond donors (Lipinski definition) is 1. The highest BCUT2D eigenvalue weighted by Crippen LogP contribution is 2.28. The van der Waals surface area contributed by atoms with Gasteiger partial charge >= 0.3 is 0 Å². The van der Waals surface area contributed by atoms with Crippen LogP contribution in [0.5, 0.6) is 5.75 Å². The third-order valence-corrected chi connectivity index (χ3v) is 2.89. The zero-order chi connectivity index (χ0) is 13.0. The molecule has 0 heterocycles. The quantitative estimate of drug-likeness (QED) is 0.903. The fourth-order valence-corrected chi connectivity index (χ4v) is 1.89. The van der Waals surface area contributed by atoms with Crippen LogP contribution in [0.1, 0.15) is 24.2 Å². The number of aliphatic hydroxyl groups excluding tert-OH is 1. The molecule has 0 bridgehead atoms. The van der Waals surface area contributed by atoms with Gasteiger partial charge in [0.15, 0.2) is 0 Å². The highest BCUT2D eigenvalue weighted by Gasteiger charge is 2.10. The summed E-state index contributed by atoms with van der Waals surface area (Å²) in [5.41, 5.74) is 1.79. The van der Waals surface area contributed by atoms with Crippen LogP contribution < -0.4 is 4.74 Å². The van der Waals surface area contributed by atoms with Crippen LogP contribution in [0.2, 0.25) is 5.02 Å². The molecule has 0 aromatic heterocycles. The average molecular weight is 263 g/mol. The van der Waals surface area contributed by atoms with E-state index in [9.17, 15) is 5.11 Å². The molecule has 0 aliphatic heterocycles. The number of ether oxygens (including phenoxy) is 1. The first kappa shape index (κ1) is 12.9. The van der Waals surface area contributed by atoms with E-state index in [1.165, 1.54) is 0 Å². The number of aliphatic hydroxyl groups is 1. The van der Waals surface area contributed by atoms with Crippen molar-refractivity contribution >= 4 is 11.6 Å². The molecule has 18 heavy (non-hydrogen) atoms. The molecule has 1 unspecified atom stereocenters. The Bertz CT molecular complexity index is 509. The summed E-state index contributed by atoms with van der Waals surface area (Å²) in [6, 6.07) is 15.2. The van der Waals surface area contributed by atoms with Gasteiger partial charge in [-0.2, -0.15) is 0 Å². The third kappa shape index (κ3) is 3.25. The molecule has 0 radical (unpaired) electrons. The second-order valence-electron chi connectivity index (χ2n) is 4.13. The van der Waals surface area contributed by atoms with Crippen LogP contribution in [0.15, 0.2) is 48.5 Å². The van der Waals surface area contributed by atoms with Crippen LogP contribution in [0.4, 0.5) is 0 Å². The number of hydrogen-bond acceptors (Lipinski definition) is 2. The molecule has 0 aliphatic rings. The Labute approximate surface area is 112 Å². The molecule has 0 spiro atoms. The minimum Gasteiger partial charge on any atom is -0.489 e. The second kappa shape index (κ2) is 5.89. The highest BCUT2D eigenvalue weighted by atomic mass is 35.5. The summed E-state index contributed by atoms with van der Waals surface area (Å²) >= 11 is 5.91. The number of benzene rings is 2. The fourth-order valence-electron chi connectivity index (χ4n) is 1.71. The summed E-state index contributed by atoms with van der Waals surface area (Å²) in [5.74, 6) is 0.665. The van der Waals surface area contributed by atoms with Crippen molar-refractivity contribution in [3.63, 3.8) is 0 Å². The first-order valence-electron chi connectivity index (χ1n) is 5.81. The van der Waals surface area contributed by atoms with Gasteiger partial charge in [-0.25, -0.2) is 0 Å². The van der Waals surface area contributed by atoms with Crippen molar-refractivity contribution in [1.29, 1.82) is 0 Å². The molecule has 0 amide bonds. The van der Waals surface area contributed by atoms with E-state index in [1.807, 2.05) is 30.3 Å². The van der Waals surface area contributed by atoms with Gasteiger partial charge in [-0.15, -0.1) is 0 Å². The minimum atomic E-state index is -0.602. The van der Waals surface area contributed by atoms with Crippen LogP contribution in [0.3, 0.4) is 0 Å². The molecule has 0 aliphatic carbocycles. The summed E-state index contributed by atoms with van der Waals surface area (Å²) < 4.78 is 5.72. The lowest BCUT2D eigenvalue weighted by Gasteiger charge is -2.13. The first-order chi connectivity index (χ1) is 8.66. The Morgan fingerprint density at radius 1 is 1.17 bits per heavy atom.